The third-order valence-electron chi connectivity index (χ3n) is 14.9. The molecule has 0 radical (unpaired) electrons. The molecule has 1 unspecified atom stereocenters. The quantitative estimate of drug-likeness (QED) is 0.193. The molecule has 9 rings (SSSR count). The highest BCUT2D eigenvalue weighted by atomic mass is 35.5. The number of rotatable bonds is 12. The van der Waals surface area contributed by atoms with E-state index in [1.165, 1.54) is 0 Å². The highest BCUT2D eigenvalue weighted by molar-refractivity contribution is 6.31. The number of nitriles is 1. The van der Waals surface area contributed by atoms with Gasteiger partial charge in [-0.2, -0.15) is 5.26 Å². The van der Waals surface area contributed by atoms with Crippen LogP contribution in [0.4, 0.5) is 5.82 Å². The van der Waals surface area contributed by atoms with Gasteiger partial charge in [0.15, 0.2) is 0 Å². The van der Waals surface area contributed by atoms with Crippen molar-refractivity contribution in [2.24, 2.45) is 16.7 Å². The summed E-state index contributed by atoms with van der Waals surface area (Å²) in [5.74, 6) is 1.60. The number of anilines is 1. The second kappa shape index (κ2) is 16.1. The molecule has 15 heteroatoms. The minimum atomic E-state index is -0.628. The van der Waals surface area contributed by atoms with Crippen LogP contribution in [0.2, 0.25) is 5.02 Å². The Morgan fingerprint density at radius 2 is 1.68 bits per heavy atom. The Bertz CT molecular complexity index is 2350. The van der Waals surface area contributed by atoms with Gasteiger partial charge in [0.2, 0.25) is 11.8 Å². The van der Waals surface area contributed by atoms with Gasteiger partial charge in [-0.05, 0) is 87.8 Å². The molecule has 2 N–H and O–H groups in total. The van der Waals surface area contributed by atoms with Crippen LogP contribution in [0.1, 0.15) is 125 Å². The maximum absolute atomic E-state index is 13.6. The van der Waals surface area contributed by atoms with E-state index in [9.17, 15) is 24.4 Å². The fourth-order valence-electron chi connectivity index (χ4n) is 11.5. The lowest BCUT2D eigenvalue weighted by atomic mass is 9.49. The summed E-state index contributed by atoms with van der Waals surface area (Å²) in [6, 6.07) is 12.9. The number of carbonyl (C=O) groups is 4. The summed E-state index contributed by atoms with van der Waals surface area (Å²) >= 11 is 6.26. The highest BCUT2D eigenvalue weighted by Gasteiger charge is 2.64. The van der Waals surface area contributed by atoms with Crippen LogP contribution >= 0.6 is 11.6 Å². The molecule has 5 fully saturated rings. The van der Waals surface area contributed by atoms with E-state index in [1.807, 2.05) is 18.2 Å². The first-order chi connectivity index (χ1) is 30.0. The summed E-state index contributed by atoms with van der Waals surface area (Å²) < 4.78 is 12.9. The van der Waals surface area contributed by atoms with Crippen LogP contribution in [0.15, 0.2) is 48.8 Å². The lowest BCUT2D eigenvalue weighted by molar-refractivity contribution is -0.164. The van der Waals surface area contributed by atoms with Gasteiger partial charge in [-0.3, -0.25) is 29.4 Å². The zero-order valence-corrected chi connectivity index (χ0v) is 37.7. The Labute approximate surface area is 374 Å². The number of fused-ring (bicyclic) bond motifs is 2. The Balaban J connectivity index is 0.741. The number of imide groups is 1. The van der Waals surface area contributed by atoms with Crippen LogP contribution in [-0.4, -0.2) is 99.4 Å². The van der Waals surface area contributed by atoms with Crippen molar-refractivity contribution >= 4 is 41.0 Å². The van der Waals surface area contributed by atoms with E-state index < -0.39 is 22.4 Å². The number of piperidine rings is 2. The van der Waals surface area contributed by atoms with E-state index in [1.54, 1.807) is 35.5 Å². The Morgan fingerprint density at radius 3 is 2.30 bits per heavy atom. The lowest BCUT2D eigenvalue weighted by Gasteiger charge is -2.63. The van der Waals surface area contributed by atoms with Crippen molar-refractivity contribution in [2.45, 2.75) is 135 Å². The van der Waals surface area contributed by atoms with Crippen LogP contribution in [0.25, 0.3) is 0 Å². The number of hydrogen-bond donors (Lipinski definition) is 2. The van der Waals surface area contributed by atoms with E-state index in [4.69, 9.17) is 21.1 Å². The van der Waals surface area contributed by atoms with Crippen LogP contribution in [-0.2, 0) is 15.1 Å². The van der Waals surface area contributed by atoms with Gasteiger partial charge in [0.1, 0.15) is 47.3 Å². The molecule has 63 heavy (non-hydrogen) atoms. The highest BCUT2D eigenvalue weighted by Crippen LogP contribution is 2.59. The zero-order chi connectivity index (χ0) is 44.6. The first kappa shape index (κ1) is 43.0. The minimum Gasteiger partial charge on any atom is -0.490 e. The number of hydrogen-bond acceptors (Lipinski definition) is 11. The lowest BCUT2D eigenvalue weighted by Crippen LogP contribution is -2.74. The molecular weight excluding hydrogens is 820 g/mol. The Kier molecular flexibility index (Phi) is 11.0. The van der Waals surface area contributed by atoms with Crippen LogP contribution in [0.5, 0.6) is 11.5 Å². The molecule has 6 aliphatic rings. The van der Waals surface area contributed by atoms with Crippen molar-refractivity contribution < 1.29 is 28.7 Å². The molecule has 3 saturated carbocycles. The van der Waals surface area contributed by atoms with E-state index in [0.29, 0.717) is 46.3 Å². The summed E-state index contributed by atoms with van der Waals surface area (Å²) in [6.45, 7) is 15.6. The van der Waals surface area contributed by atoms with Gasteiger partial charge in [0.05, 0.1) is 28.5 Å². The van der Waals surface area contributed by atoms with Gasteiger partial charge in [0.25, 0.3) is 11.8 Å². The minimum absolute atomic E-state index is 0.0936. The third kappa shape index (κ3) is 7.68. The van der Waals surface area contributed by atoms with Crippen molar-refractivity contribution in [3.63, 3.8) is 0 Å². The summed E-state index contributed by atoms with van der Waals surface area (Å²) in [5, 5.41) is 15.2. The third-order valence-corrected chi connectivity index (χ3v) is 15.2. The molecule has 2 saturated heterocycles. The van der Waals surface area contributed by atoms with Gasteiger partial charge in [-0.25, -0.2) is 9.97 Å². The number of ether oxygens (including phenoxy) is 2. The second-order valence-corrected chi connectivity index (χ2v) is 20.4. The van der Waals surface area contributed by atoms with E-state index in [2.05, 4.69) is 78.0 Å². The van der Waals surface area contributed by atoms with Gasteiger partial charge in [-0.1, -0.05) is 39.3 Å². The maximum Gasteiger partial charge on any atom is 0.271 e. The summed E-state index contributed by atoms with van der Waals surface area (Å²) in [7, 11) is 0. The van der Waals surface area contributed by atoms with Gasteiger partial charge in [0, 0.05) is 79.5 Å². The summed E-state index contributed by atoms with van der Waals surface area (Å²) in [6.07, 6.45) is 9.31. The molecule has 1 aromatic heterocycles. The van der Waals surface area contributed by atoms with Gasteiger partial charge < -0.3 is 24.6 Å². The predicted octanol–water partition coefficient (Wildman–Crippen LogP) is 6.40. The SMILES string of the molecule is CC(C)N(CC1CCN(c2cnc(C(=O)NC3C(C)(C)C(Oc4ccc(C#N)c(Cl)c4)C3(C)C)cn2)CC1)C1CC(Oc2ccc3c(c2)C2(CC2)N(C2CCC(=O)NC2=O)C3=O)C1. The molecule has 4 amide bonds. The molecule has 0 bridgehead atoms. The molecule has 1 spiro atoms. The van der Waals surface area contributed by atoms with Crippen molar-refractivity contribution in [3.8, 4) is 17.6 Å². The average Bonchev–Trinajstić information content (AvgIpc) is 4.00. The molecule has 3 aliphatic carbocycles. The number of nitrogens with one attached hydrogen (secondary N) is 2. The molecule has 2 aromatic carbocycles. The number of aromatic nitrogens is 2. The molecule has 14 nitrogen and oxygen atoms in total. The Morgan fingerprint density at radius 1 is 0.984 bits per heavy atom. The summed E-state index contributed by atoms with van der Waals surface area (Å²) in [4.78, 5) is 67.5. The van der Waals surface area contributed by atoms with Crippen molar-refractivity contribution in [1.82, 2.24) is 30.4 Å². The van der Waals surface area contributed by atoms with Gasteiger partial charge in [-0.15, -0.1) is 0 Å². The summed E-state index contributed by atoms with van der Waals surface area (Å²) in [5.41, 5.74) is 0.973. The molecular formula is C48H57ClN8O6. The standard InChI is InChI=1S/C48H57ClN8O6/c1-27(2)56(30-19-33(20-30)62-31-9-10-34-35(21-31)48(15-16-48)57(43(34)61)38-11-12-40(58)53-42(38)60)26-28-13-17-55(18-14-28)39-25-51-37(24-52-39)41(59)54-44-46(3,4)45(47(44,5)6)63-32-8-7-29(23-50)36(49)22-32/h7-10,21-22,24-25,27-28,30,33,38,44-45H,11-20,26H2,1-6H3,(H,54,59)(H,53,58,60). The van der Waals surface area contributed by atoms with E-state index in [0.717, 1.165) is 75.3 Å². The van der Waals surface area contributed by atoms with Crippen LogP contribution in [0, 0.1) is 28.1 Å². The fraction of sp³-hybridized carbons (Fsp3) is 0.562. The number of benzene rings is 2. The second-order valence-electron chi connectivity index (χ2n) is 20.0. The number of carbonyl (C=O) groups excluding carboxylic acids is 4. The van der Waals surface area contributed by atoms with Crippen molar-refractivity contribution in [1.29, 1.82) is 5.26 Å². The van der Waals surface area contributed by atoms with Crippen molar-refractivity contribution in [3.05, 3.63) is 76.2 Å². The molecule has 3 aromatic rings. The predicted molar refractivity (Wildman–Crippen MR) is 235 cm³/mol. The average molecular weight is 877 g/mol. The first-order valence-electron chi connectivity index (χ1n) is 22.5. The monoisotopic (exact) mass is 876 g/mol. The Hall–Kier alpha value is -5.26. The normalized spacial score (nSPS) is 26.7. The van der Waals surface area contributed by atoms with Crippen LogP contribution < -0.4 is 25.0 Å². The van der Waals surface area contributed by atoms with E-state index >= 15 is 0 Å². The molecule has 3 aliphatic heterocycles. The topological polar surface area (TPSA) is 170 Å². The zero-order valence-electron chi connectivity index (χ0n) is 36.9. The number of amides is 4. The molecule has 4 heterocycles. The fourth-order valence-corrected chi connectivity index (χ4v) is 11.8. The van der Waals surface area contributed by atoms with Gasteiger partial charge >= 0.3 is 0 Å². The number of nitrogens with zero attached hydrogens (tertiary/aromatic N) is 6. The molecule has 332 valence electrons. The molecule has 1 atom stereocenters. The van der Waals surface area contributed by atoms with Crippen LogP contribution in [0.3, 0.4) is 0 Å². The number of halogens is 1. The smallest absolute Gasteiger partial charge is 0.271 e. The van der Waals surface area contributed by atoms with Crippen molar-refractivity contribution in [2.75, 3.05) is 24.5 Å². The van der Waals surface area contributed by atoms with E-state index in [-0.39, 0.29) is 54.0 Å². The first-order valence-corrected chi connectivity index (χ1v) is 22.9. The maximum atomic E-state index is 13.6. The largest absolute Gasteiger partial charge is 0.490 e.